The number of nitrogens with one attached hydrogen (secondary N) is 1. The molecular formula is C14H22N2OS. The third kappa shape index (κ3) is 4.69. The minimum absolute atomic E-state index is 0.00209. The first-order chi connectivity index (χ1) is 8.71. The molecule has 1 unspecified atom stereocenters. The summed E-state index contributed by atoms with van der Waals surface area (Å²) in [6, 6.07) is 3.59. The summed E-state index contributed by atoms with van der Waals surface area (Å²) < 4.78 is 0. The van der Waals surface area contributed by atoms with E-state index in [9.17, 15) is 4.79 Å². The van der Waals surface area contributed by atoms with Crippen LogP contribution < -0.4 is 5.32 Å². The van der Waals surface area contributed by atoms with E-state index in [1.807, 2.05) is 12.3 Å². The van der Waals surface area contributed by atoms with Gasteiger partial charge in [-0.2, -0.15) is 0 Å². The Morgan fingerprint density at radius 3 is 2.89 bits per heavy atom. The Morgan fingerprint density at radius 1 is 1.50 bits per heavy atom. The predicted octanol–water partition coefficient (Wildman–Crippen LogP) is 3.36. The van der Waals surface area contributed by atoms with Crippen LogP contribution in [-0.4, -0.2) is 23.7 Å². The van der Waals surface area contributed by atoms with Gasteiger partial charge in [0.05, 0.1) is 5.03 Å². The number of carbonyl (C=O) groups excluding carboxylic acids is 1. The van der Waals surface area contributed by atoms with E-state index in [4.69, 9.17) is 0 Å². The highest BCUT2D eigenvalue weighted by Crippen LogP contribution is 2.13. The average molecular weight is 266 g/mol. The molecule has 1 N–H and O–H groups in total. The van der Waals surface area contributed by atoms with Crippen molar-refractivity contribution in [2.45, 2.75) is 38.1 Å². The maximum Gasteiger partial charge on any atom is 0.251 e. The molecule has 0 aromatic carbocycles. The monoisotopic (exact) mass is 266 g/mol. The molecule has 0 aliphatic carbocycles. The van der Waals surface area contributed by atoms with Crippen LogP contribution in [0.2, 0.25) is 0 Å². The van der Waals surface area contributed by atoms with Gasteiger partial charge in [0, 0.05) is 18.3 Å². The lowest BCUT2D eigenvalue weighted by Crippen LogP contribution is -2.29. The molecule has 1 aromatic rings. The Hall–Kier alpha value is -1.03. The van der Waals surface area contributed by atoms with Gasteiger partial charge in [-0.05, 0) is 30.7 Å². The van der Waals surface area contributed by atoms with E-state index in [2.05, 4.69) is 24.1 Å². The molecular weight excluding hydrogens is 244 g/mol. The number of amides is 1. The fourth-order valence-electron chi connectivity index (χ4n) is 1.86. The van der Waals surface area contributed by atoms with Gasteiger partial charge in [-0.3, -0.25) is 4.79 Å². The minimum atomic E-state index is 0.00209. The maximum absolute atomic E-state index is 12.0. The Balaban J connectivity index is 2.53. The van der Waals surface area contributed by atoms with Crippen LogP contribution >= 0.6 is 11.8 Å². The summed E-state index contributed by atoms with van der Waals surface area (Å²) in [6.45, 7) is 5.11. The Bertz CT molecular complexity index is 382. The zero-order valence-corrected chi connectivity index (χ0v) is 12.2. The first-order valence-corrected chi connectivity index (χ1v) is 7.71. The van der Waals surface area contributed by atoms with Crippen molar-refractivity contribution in [1.29, 1.82) is 0 Å². The zero-order valence-electron chi connectivity index (χ0n) is 11.4. The molecule has 0 bridgehead atoms. The van der Waals surface area contributed by atoms with Gasteiger partial charge in [0.15, 0.2) is 0 Å². The number of rotatable bonds is 7. The Labute approximate surface area is 114 Å². The highest BCUT2D eigenvalue weighted by Gasteiger charge is 2.10. The fourth-order valence-corrected chi connectivity index (χ4v) is 2.27. The molecule has 18 heavy (non-hydrogen) atoms. The summed E-state index contributed by atoms with van der Waals surface area (Å²) in [5.74, 6) is 0.586. The fraction of sp³-hybridized carbons (Fsp3) is 0.571. The van der Waals surface area contributed by atoms with Crippen molar-refractivity contribution in [3.8, 4) is 0 Å². The summed E-state index contributed by atoms with van der Waals surface area (Å²) in [5.41, 5.74) is 0.695. The molecule has 3 nitrogen and oxygen atoms in total. The lowest BCUT2D eigenvalue weighted by Gasteiger charge is -2.14. The van der Waals surface area contributed by atoms with Gasteiger partial charge in [0.2, 0.25) is 0 Å². The number of aromatic nitrogens is 1. The van der Waals surface area contributed by atoms with E-state index in [1.165, 1.54) is 12.8 Å². The normalized spacial score (nSPS) is 12.2. The molecule has 0 saturated heterocycles. The van der Waals surface area contributed by atoms with Crippen LogP contribution in [0.5, 0.6) is 0 Å². The van der Waals surface area contributed by atoms with Gasteiger partial charge >= 0.3 is 0 Å². The molecule has 0 aliphatic heterocycles. The largest absolute Gasteiger partial charge is 0.352 e. The van der Waals surface area contributed by atoms with Crippen LogP contribution in [0, 0.1) is 5.92 Å². The molecule has 1 heterocycles. The predicted molar refractivity (Wildman–Crippen MR) is 77.0 cm³/mol. The van der Waals surface area contributed by atoms with Gasteiger partial charge in [0.1, 0.15) is 0 Å². The second-order valence-corrected chi connectivity index (χ2v) is 5.19. The highest BCUT2D eigenvalue weighted by molar-refractivity contribution is 7.98. The third-order valence-electron chi connectivity index (χ3n) is 3.03. The number of pyridine rings is 1. The molecule has 0 fully saturated rings. The number of hydrogen-bond acceptors (Lipinski definition) is 3. The molecule has 100 valence electrons. The minimum Gasteiger partial charge on any atom is -0.352 e. The van der Waals surface area contributed by atoms with E-state index >= 15 is 0 Å². The number of nitrogens with zero attached hydrogens (tertiary/aromatic N) is 1. The molecule has 1 amide bonds. The topological polar surface area (TPSA) is 42.0 Å². The first kappa shape index (κ1) is 15.0. The Kier molecular flexibility index (Phi) is 6.80. The second kappa shape index (κ2) is 8.14. The van der Waals surface area contributed by atoms with Crippen LogP contribution in [0.4, 0.5) is 0 Å². The van der Waals surface area contributed by atoms with E-state index in [-0.39, 0.29) is 5.91 Å². The maximum atomic E-state index is 12.0. The van der Waals surface area contributed by atoms with Gasteiger partial charge in [-0.25, -0.2) is 4.98 Å². The number of thioether (sulfide) groups is 1. The van der Waals surface area contributed by atoms with Crippen molar-refractivity contribution in [1.82, 2.24) is 10.3 Å². The third-order valence-corrected chi connectivity index (χ3v) is 3.67. The van der Waals surface area contributed by atoms with Gasteiger partial charge in [0.25, 0.3) is 5.91 Å². The standard InChI is InChI=1S/C14H22N2OS/c1-4-6-11(5-2)10-16-14(17)12-7-8-15-13(9-12)18-3/h7-9,11H,4-6,10H2,1-3H3,(H,16,17). The van der Waals surface area contributed by atoms with Crippen molar-refractivity contribution < 1.29 is 4.79 Å². The van der Waals surface area contributed by atoms with Crippen molar-refractivity contribution in [3.63, 3.8) is 0 Å². The molecule has 0 radical (unpaired) electrons. The van der Waals surface area contributed by atoms with Crippen molar-refractivity contribution in [2.75, 3.05) is 12.8 Å². The molecule has 1 atom stereocenters. The number of hydrogen-bond donors (Lipinski definition) is 1. The summed E-state index contributed by atoms with van der Waals surface area (Å²) >= 11 is 1.55. The van der Waals surface area contributed by atoms with Crippen LogP contribution in [0.25, 0.3) is 0 Å². The lowest BCUT2D eigenvalue weighted by atomic mass is 10.0. The molecule has 0 spiro atoms. The summed E-state index contributed by atoms with van der Waals surface area (Å²) in [6.07, 6.45) is 7.09. The van der Waals surface area contributed by atoms with Gasteiger partial charge in [-0.15, -0.1) is 11.8 Å². The van der Waals surface area contributed by atoms with E-state index in [1.54, 1.807) is 24.0 Å². The van der Waals surface area contributed by atoms with Crippen molar-refractivity contribution in [2.24, 2.45) is 5.92 Å². The van der Waals surface area contributed by atoms with Crippen molar-refractivity contribution in [3.05, 3.63) is 23.9 Å². The summed E-state index contributed by atoms with van der Waals surface area (Å²) in [7, 11) is 0. The summed E-state index contributed by atoms with van der Waals surface area (Å²) in [5, 5.41) is 3.89. The molecule has 0 saturated carbocycles. The van der Waals surface area contributed by atoms with E-state index < -0.39 is 0 Å². The Morgan fingerprint density at radius 2 is 2.28 bits per heavy atom. The molecule has 1 rings (SSSR count). The lowest BCUT2D eigenvalue weighted by molar-refractivity contribution is 0.0945. The van der Waals surface area contributed by atoms with Crippen LogP contribution in [0.1, 0.15) is 43.5 Å². The second-order valence-electron chi connectivity index (χ2n) is 4.36. The first-order valence-electron chi connectivity index (χ1n) is 6.49. The average Bonchev–Trinajstić information content (AvgIpc) is 2.43. The SMILES string of the molecule is CCCC(CC)CNC(=O)c1ccnc(SC)c1. The van der Waals surface area contributed by atoms with Gasteiger partial charge < -0.3 is 5.32 Å². The molecule has 0 aliphatic rings. The zero-order chi connectivity index (χ0) is 13.4. The quantitative estimate of drug-likeness (QED) is 0.769. The van der Waals surface area contributed by atoms with Crippen LogP contribution in [0.3, 0.4) is 0 Å². The summed E-state index contributed by atoms with van der Waals surface area (Å²) in [4.78, 5) is 16.2. The molecule has 1 aromatic heterocycles. The van der Waals surface area contributed by atoms with E-state index in [0.29, 0.717) is 11.5 Å². The van der Waals surface area contributed by atoms with E-state index in [0.717, 1.165) is 18.0 Å². The van der Waals surface area contributed by atoms with Crippen molar-refractivity contribution >= 4 is 17.7 Å². The van der Waals surface area contributed by atoms with Gasteiger partial charge in [-0.1, -0.05) is 26.7 Å². The highest BCUT2D eigenvalue weighted by atomic mass is 32.2. The molecule has 4 heteroatoms. The van der Waals surface area contributed by atoms with Crippen LogP contribution in [0.15, 0.2) is 23.4 Å². The number of carbonyl (C=O) groups is 1. The smallest absolute Gasteiger partial charge is 0.251 e. The van der Waals surface area contributed by atoms with Crippen LogP contribution in [-0.2, 0) is 0 Å².